The van der Waals surface area contributed by atoms with Crippen molar-refractivity contribution in [3.63, 3.8) is 0 Å². The summed E-state index contributed by atoms with van der Waals surface area (Å²) >= 11 is 0. The highest BCUT2D eigenvalue weighted by Crippen LogP contribution is 2.35. The smallest absolute Gasteiger partial charge is 0.226 e. The van der Waals surface area contributed by atoms with E-state index in [4.69, 9.17) is 9.47 Å². The van der Waals surface area contributed by atoms with Gasteiger partial charge in [0.15, 0.2) is 11.5 Å². The number of methoxy groups -OCH3 is 1. The van der Waals surface area contributed by atoms with Crippen LogP contribution in [-0.2, 0) is 11.2 Å². The SMILES string of the molecule is CCNC(=O)CCc1c(C)nn(-c2ccc(F)cc2)c1Oc1ccccc1OC. The first-order valence-electron chi connectivity index (χ1n) is 9.45. The van der Waals surface area contributed by atoms with E-state index in [1.807, 2.05) is 26.0 Å². The van der Waals surface area contributed by atoms with E-state index in [1.165, 1.54) is 12.1 Å². The van der Waals surface area contributed by atoms with Crippen LogP contribution in [0.2, 0.25) is 0 Å². The molecule has 29 heavy (non-hydrogen) atoms. The summed E-state index contributed by atoms with van der Waals surface area (Å²) in [6.45, 7) is 4.32. The van der Waals surface area contributed by atoms with E-state index in [2.05, 4.69) is 10.4 Å². The fraction of sp³-hybridized carbons (Fsp3) is 0.273. The van der Waals surface area contributed by atoms with Gasteiger partial charge < -0.3 is 14.8 Å². The maximum absolute atomic E-state index is 13.4. The van der Waals surface area contributed by atoms with Crippen LogP contribution in [0.3, 0.4) is 0 Å². The zero-order valence-electron chi connectivity index (χ0n) is 16.7. The first kappa shape index (κ1) is 20.4. The van der Waals surface area contributed by atoms with Crippen LogP contribution >= 0.6 is 0 Å². The molecule has 0 atom stereocenters. The van der Waals surface area contributed by atoms with Crippen LogP contribution < -0.4 is 14.8 Å². The Kier molecular flexibility index (Phi) is 6.49. The molecular formula is C22H24FN3O3. The Bertz CT molecular complexity index is 983. The summed E-state index contributed by atoms with van der Waals surface area (Å²) < 4.78 is 26.6. The Morgan fingerprint density at radius 2 is 1.83 bits per heavy atom. The molecule has 1 N–H and O–H groups in total. The first-order valence-corrected chi connectivity index (χ1v) is 9.45. The Labute approximate surface area is 169 Å². The van der Waals surface area contributed by atoms with Gasteiger partial charge in [-0.1, -0.05) is 12.1 Å². The largest absolute Gasteiger partial charge is 0.493 e. The third kappa shape index (κ3) is 4.74. The van der Waals surface area contributed by atoms with Gasteiger partial charge in [0.2, 0.25) is 11.8 Å². The summed E-state index contributed by atoms with van der Waals surface area (Å²) in [4.78, 5) is 12.0. The molecule has 1 amide bonds. The first-order chi connectivity index (χ1) is 14.0. The molecule has 0 unspecified atom stereocenters. The lowest BCUT2D eigenvalue weighted by Gasteiger charge is -2.13. The predicted octanol–water partition coefficient (Wildman–Crippen LogP) is 4.19. The third-order valence-corrected chi connectivity index (χ3v) is 4.46. The van der Waals surface area contributed by atoms with Crippen molar-refractivity contribution < 1.29 is 18.7 Å². The molecule has 0 fully saturated rings. The number of carbonyl (C=O) groups is 1. The topological polar surface area (TPSA) is 65.4 Å². The Morgan fingerprint density at radius 1 is 1.14 bits per heavy atom. The minimum atomic E-state index is -0.332. The van der Waals surface area contributed by atoms with Gasteiger partial charge in [0.25, 0.3) is 0 Å². The molecule has 6 nitrogen and oxygen atoms in total. The number of amides is 1. The summed E-state index contributed by atoms with van der Waals surface area (Å²) in [5.41, 5.74) is 2.21. The number of hydrogen-bond donors (Lipinski definition) is 1. The van der Waals surface area contributed by atoms with Crippen molar-refractivity contribution in [3.8, 4) is 23.1 Å². The second-order valence-corrected chi connectivity index (χ2v) is 6.46. The van der Waals surface area contributed by atoms with E-state index < -0.39 is 0 Å². The second kappa shape index (κ2) is 9.23. The van der Waals surface area contributed by atoms with Crippen LogP contribution in [0.4, 0.5) is 4.39 Å². The number of aryl methyl sites for hydroxylation is 1. The van der Waals surface area contributed by atoms with Gasteiger partial charge in [0.1, 0.15) is 5.82 Å². The monoisotopic (exact) mass is 397 g/mol. The van der Waals surface area contributed by atoms with Crippen LogP contribution in [0.15, 0.2) is 48.5 Å². The van der Waals surface area contributed by atoms with Gasteiger partial charge >= 0.3 is 0 Å². The summed E-state index contributed by atoms with van der Waals surface area (Å²) in [5, 5.41) is 7.38. The summed E-state index contributed by atoms with van der Waals surface area (Å²) in [6, 6.07) is 13.3. The van der Waals surface area contributed by atoms with Crippen LogP contribution in [0.25, 0.3) is 5.69 Å². The summed E-state index contributed by atoms with van der Waals surface area (Å²) in [6.07, 6.45) is 0.773. The Hall–Kier alpha value is -3.35. The van der Waals surface area contributed by atoms with Crippen molar-refractivity contribution in [3.05, 3.63) is 65.6 Å². The Balaban J connectivity index is 2.03. The molecule has 0 spiro atoms. The molecule has 0 aliphatic carbocycles. The van der Waals surface area contributed by atoms with Gasteiger partial charge in [0.05, 0.1) is 18.5 Å². The zero-order valence-corrected chi connectivity index (χ0v) is 16.7. The van der Waals surface area contributed by atoms with E-state index in [0.717, 1.165) is 11.3 Å². The van der Waals surface area contributed by atoms with Crippen LogP contribution in [0.1, 0.15) is 24.6 Å². The number of benzene rings is 2. The molecule has 152 valence electrons. The Morgan fingerprint density at radius 3 is 2.48 bits per heavy atom. The second-order valence-electron chi connectivity index (χ2n) is 6.46. The number of halogens is 1. The lowest BCUT2D eigenvalue weighted by atomic mass is 10.1. The zero-order chi connectivity index (χ0) is 20.8. The van der Waals surface area contributed by atoms with Gasteiger partial charge in [-0.2, -0.15) is 5.10 Å². The fourth-order valence-corrected chi connectivity index (χ4v) is 3.02. The lowest BCUT2D eigenvalue weighted by molar-refractivity contribution is -0.120. The highest BCUT2D eigenvalue weighted by molar-refractivity contribution is 5.76. The molecule has 7 heteroatoms. The minimum absolute atomic E-state index is 0.0373. The molecular weight excluding hydrogens is 373 g/mol. The average Bonchev–Trinajstić information content (AvgIpc) is 3.03. The number of nitrogens with zero attached hydrogens (tertiary/aromatic N) is 2. The highest BCUT2D eigenvalue weighted by Gasteiger charge is 2.21. The van der Waals surface area contributed by atoms with Crippen molar-refractivity contribution >= 4 is 5.91 Å². The molecule has 0 bridgehead atoms. The predicted molar refractivity (Wildman–Crippen MR) is 108 cm³/mol. The van der Waals surface area contributed by atoms with Crippen molar-refractivity contribution in [2.75, 3.05) is 13.7 Å². The van der Waals surface area contributed by atoms with Gasteiger partial charge in [-0.05, 0) is 56.7 Å². The average molecular weight is 397 g/mol. The minimum Gasteiger partial charge on any atom is -0.493 e. The molecule has 0 aliphatic rings. The molecule has 1 aromatic heterocycles. The lowest BCUT2D eigenvalue weighted by Crippen LogP contribution is -2.22. The van der Waals surface area contributed by atoms with Gasteiger partial charge in [-0.3, -0.25) is 4.79 Å². The van der Waals surface area contributed by atoms with Crippen LogP contribution in [0.5, 0.6) is 17.4 Å². The highest BCUT2D eigenvalue weighted by atomic mass is 19.1. The number of carbonyl (C=O) groups excluding carboxylic acids is 1. The maximum atomic E-state index is 13.4. The normalized spacial score (nSPS) is 10.6. The van der Waals surface area contributed by atoms with Crippen LogP contribution in [-0.4, -0.2) is 29.3 Å². The molecule has 1 heterocycles. The summed E-state index contributed by atoms with van der Waals surface area (Å²) in [5.74, 6) is 1.21. The van der Waals surface area contributed by atoms with Gasteiger partial charge in [0, 0.05) is 18.5 Å². The van der Waals surface area contributed by atoms with E-state index in [0.29, 0.717) is 42.5 Å². The van der Waals surface area contributed by atoms with Crippen molar-refractivity contribution in [2.45, 2.75) is 26.7 Å². The number of para-hydroxylation sites is 2. The number of hydrogen-bond acceptors (Lipinski definition) is 4. The molecule has 3 aromatic rings. The standard InChI is InChI=1S/C22H24FN3O3/c1-4-24-21(27)14-13-18-15(2)25-26(17-11-9-16(23)10-12-17)22(18)29-20-8-6-5-7-19(20)28-3/h5-12H,4,13-14H2,1-3H3,(H,24,27). The van der Waals surface area contributed by atoms with E-state index in [-0.39, 0.29) is 11.7 Å². The van der Waals surface area contributed by atoms with E-state index >= 15 is 0 Å². The molecule has 0 aliphatic heterocycles. The molecule has 2 aromatic carbocycles. The fourth-order valence-electron chi connectivity index (χ4n) is 3.02. The molecule has 0 saturated heterocycles. The number of nitrogens with one attached hydrogen (secondary N) is 1. The van der Waals surface area contributed by atoms with Crippen molar-refractivity contribution in [2.24, 2.45) is 0 Å². The van der Waals surface area contributed by atoms with E-state index in [9.17, 15) is 9.18 Å². The van der Waals surface area contributed by atoms with Crippen molar-refractivity contribution in [1.82, 2.24) is 15.1 Å². The van der Waals surface area contributed by atoms with Gasteiger partial charge in [-0.15, -0.1) is 0 Å². The van der Waals surface area contributed by atoms with Crippen molar-refractivity contribution in [1.29, 1.82) is 0 Å². The third-order valence-electron chi connectivity index (χ3n) is 4.46. The molecule has 0 radical (unpaired) electrons. The van der Waals surface area contributed by atoms with E-state index in [1.54, 1.807) is 36.1 Å². The quantitative estimate of drug-likeness (QED) is 0.619. The number of ether oxygens (including phenoxy) is 2. The summed E-state index contributed by atoms with van der Waals surface area (Å²) in [7, 11) is 1.57. The maximum Gasteiger partial charge on any atom is 0.226 e. The molecule has 0 saturated carbocycles. The number of aromatic nitrogens is 2. The molecule has 3 rings (SSSR count). The number of rotatable bonds is 8. The van der Waals surface area contributed by atoms with Gasteiger partial charge in [-0.25, -0.2) is 9.07 Å². The van der Waals surface area contributed by atoms with Crippen LogP contribution in [0, 0.1) is 12.7 Å².